The van der Waals surface area contributed by atoms with Gasteiger partial charge in [-0.1, -0.05) is 183 Å². The minimum absolute atomic E-state index is 0.0358. The Bertz CT molecular complexity index is 2230. The van der Waals surface area contributed by atoms with E-state index in [-0.39, 0.29) is 6.04 Å². The Balaban J connectivity index is 1.32. The molecular weight excluding hydrogens is 591 g/mol. The lowest BCUT2D eigenvalue weighted by Crippen LogP contribution is -2.22. The maximum Gasteiger partial charge on any atom is 0.0784 e. The van der Waals surface area contributed by atoms with Crippen LogP contribution in [0, 0.1) is 0 Å². The highest BCUT2D eigenvalue weighted by Gasteiger charge is 2.26. The molecule has 0 N–H and O–H groups in total. The fourth-order valence-electron chi connectivity index (χ4n) is 6.63. The van der Waals surface area contributed by atoms with Gasteiger partial charge in [-0.15, -0.1) is 0 Å². The molecule has 1 heteroatoms. The van der Waals surface area contributed by atoms with E-state index in [0.29, 0.717) is 0 Å². The van der Waals surface area contributed by atoms with Gasteiger partial charge in [0.05, 0.1) is 6.04 Å². The highest BCUT2D eigenvalue weighted by molar-refractivity contribution is 5.99. The van der Waals surface area contributed by atoms with Crippen molar-refractivity contribution in [1.82, 2.24) is 0 Å². The van der Waals surface area contributed by atoms with Crippen LogP contribution in [0.1, 0.15) is 40.8 Å². The van der Waals surface area contributed by atoms with Gasteiger partial charge in [0.25, 0.3) is 0 Å². The lowest BCUT2D eigenvalue weighted by atomic mass is 9.91. The molecule has 0 spiro atoms. The number of allylic oxidation sites excluding steroid dienone is 6. The van der Waals surface area contributed by atoms with Gasteiger partial charge in [0.15, 0.2) is 0 Å². The van der Waals surface area contributed by atoms with Crippen LogP contribution in [0.2, 0.25) is 0 Å². The molecular formula is C48H39N. The summed E-state index contributed by atoms with van der Waals surface area (Å²) >= 11 is 0. The summed E-state index contributed by atoms with van der Waals surface area (Å²) in [7, 11) is 0. The minimum atomic E-state index is -0.0358. The van der Waals surface area contributed by atoms with Gasteiger partial charge in [0.2, 0.25) is 0 Å². The van der Waals surface area contributed by atoms with Crippen LogP contribution in [0.5, 0.6) is 0 Å². The van der Waals surface area contributed by atoms with Crippen molar-refractivity contribution in [3.05, 3.63) is 216 Å². The van der Waals surface area contributed by atoms with Gasteiger partial charge in [0.1, 0.15) is 0 Å². The Morgan fingerprint density at radius 2 is 1.22 bits per heavy atom. The summed E-state index contributed by atoms with van der Waals surface area (Å²) < 4.78 is 0. The molecule has 0 saturated carbocycles. The van der Waals surface area contributed by atoms with Crippen LogP contribution in [-0.2, 0) is 0 Å². The molecule has 1 atom stereocenters. The highest BCUT2D eigenvalue weighted by Crippen LogP contribution is 2.44. The average molecular weight is 630 g/mol. The molecule has 1 aliphatic carbocycles. The second kappa shape index (κ2) is 14.7. The maximum atomic E-state index is 3.86. The lowest BCUT2D eigenvalue weighted by Gasteiger charge is -2.33. The van der Waals surface area contributed by atoms with E-state index >= 15 is 0 Å². The SMILES string of the molecule is C=C/C=C(\C=C/C)/C=C/c1ccc(N(c2ccc(/C=C/c3ccccc3)cc2)C2C=Cc3c(ccc4ccccc34)-c3ccccc32)cc1. The molecule has 0 radical (unpaired) electrons. The number of nitrogens with zero attached hydrogens (tertiary/aromatic N) is 1. The topological polar surface area (TPSA) is 3.24 Å². The van der Waals surface area contributed by atoms with Gasteiger partial charge < -0.3 is 4.90 Å². The van der Waals surface area contributed by atoms with Gasteiger partial charge >= 0.3 is 0 Å². The largest absolute Gasteiger partial charge is 0.330 e. The van der Waals surface area contributed by atoms with Crippen LogP contribution in [0.4, 0.5) is 11.4 Å². The van der Waals surface area contributed by atoms with Crippen molar-refractivity contribution in [1.29, 1.82) is 0 Å². The molecule has 0 saturated heterocycles. The highest BCUT2D eigenvalue weighted by atomic mass is 15.2. The molecule has 0 aliphatic heterocycles. The first kappa shape index (κ1) is 31.4. The first-order chi connectivity index (χ1) is 24.2. The van der Waals surface area contributed by atoms with Crippen molar-refractivity contribution >= 4 is 46.5 Å². The van der Waals surface area contributed by atoms with Crippen LogP contribution >= 0.6 is 0 Å². The molecule has 1 nitrogen and oxygen atoms in total. The predicted octanol–water partition coefficient (Wildman–Crippen LogP) is 13.3. The predicted molar refractivity (Wildman–Crippen MR) is 214 cm³/mol. The van der Waals surface area contributed by atoms with Gasteiger partial charge in [-0.3, -0.25) is 0 Å². The van der Waals surface area contributed by atoms with E-state index in [1.165, 1.54) is 38.6 Å². The smallest absolute Gasteiger partial charge is 0.0784 e. The molecule has 1 aliphatic rings. The summed E-state index contributed by atoms with van der Waals surface area (Å²) in [6, 6.07) is 50.3. The summed E-state index contributed by atoms with van der Waals surface area (Å²) in [5.74, 6) is 0. The molecule has 1 unspecified atom stereocenters. The van der Waals surface area contributed by atoms with Crippen molar-refractivity contribution in [2.24, 2.45) is 0 Å². The number of fused-ring (bicyclic) bond motifs is 5. The zero-order valence-corrected chi connectivity index (χ0v) is 27.8. The molecule has 236 valence electrons. The van der Waals surface area contributed by atoms with E-state index < -0.39 is 0 Å². The minimum Gasteiger partial charge on any atom is -0.330 e. The van der Waals surface area contributed by atoms with E-state index in [2.05, 4.69) is 187 Å². The van der Waals surface area contributed by atoms with Gasteiger partial charge in [-0.05, 0) is 86.5 Å². The fraction of sp³-hybridized carbons (Fsp3) is 0.0417. The second-order valence-corrected chi connectivity index (χ2v) is 12.2. The monoisotopic (exact) mass is 629 g/mol. The number of rotatable bonds is 9. The van der Waals surface area contributed by atoms with Crippen molar-refractivity contribution in [3.8, 4) is 11.1 Å². The van der Waals surface area contributed by atoms with Gasteiger partial charge in [0, 0.05) is 11.4 Å². The first-order valence-corrected chi connectivity index (χ1v) is 16.9. The zero-order chi connectivity index (χ0) is 33.4. The summed E-state index contributed by atoms with van der Waals surface area (Å²) in [6.07, 6.45) is 21.3. The van der Waals surface area contributed by atoms with E-state index in [1.54, 1.807) is 0 Å². The quantitative estimate of drug-likeness (QED) is 0.114. The standard InChI is InChI=1S/C48H39N/c1-3-12-36(13-4-2)20-22-38-24-29-41(30-25-38)49(42-31-26-39(27-32-42)23-21-37-14-6-5-7-15-37)48-35-34-45-43-17-9-8-16-40(43)28-33-46(45)44-18-10-11-19-47(44)48/h3-35,48H,1H2,2H3/b13-4-,22-20+,23-21+,36-12+. The number of hydrogen-bond acceptors (Lipinski definition) is 1. The van der Waals surface area contributed by atoms with Crippen LogP contribution in [0.3, 0.4) is 0 Å². The van der Waals surface area contributed by atoms with Crippen LogP contribution < -0.4 is 4.90 Å². The first-order valence-electron chi connectivity index (χ1n) is 16.9. The number of anilines is 2. The number of benzene rings is 6. The zero-order valence-electron chi connectivity index (χ0n) is 27.8. The van der Waals surface area contributed by atoms with E-state index in [9.17, 15) is 0 Å². The molecule has 7 rings (SSSR count). The Hall–Kier alpha value is -6.18. The van der Waals surface area contributed by atoms with E-state index in [1.807, 2.05) is 31.2 Å². The molecule has 6 aromatic rings. The summed E-state index contributed by atoms with van der Waals surface area (Å²) in [5.41, 5.74) is 11.9. The van der Waals surface area contributed by atoms with Crippen molar-refractivity contribution in [2.45, 2.75) is 13.0 Å². The van der Waals surface area contributed by atoms with Crippen molar-refractivity contribution in [3.63, 3.8) is 0 Å². The number of hydrogen-bond donors (Lipinski definition) is 0. The molecule has 0 bridgehead atoms. The van der Waals surface area contributed by atoms with Crippen LogP contribution in [0.15, 0.2) is 188 Å². The molecule has 0 aromatic heterocycles. The second-order valence-electron chi connectivity index (χ2n) is 12.2. The normalized spacial score (nSPS) is 14.3. The van der Waals surface area contributed by atoms with E-state index in [0.717, 1.165) is 28.1 Å². The molecule has 0 heterocycles. The van der Waals surface area contributed by atoms with Crippen LogP contribution in [-0.4, -0.2) is 0 Å². The fourth-order valence-corrected chi connectivity index (χ4v) is 6.63. The Labute approximate surface area is 290 Å². The molecule has 6 aromatic carbocycles. The summed E-state index contributed by atoms with van der Waals surface area (Å²) in [5, 5.41) is 2.52. The van der Waals surface area contributed by atoms with E-state index in [4.69, 9.17) is 0 Å². The summed E-state index contributed by atoms with van der Waals surface area (Å²) in [6.45, 7) is 5.89. The lowest BCUT2D eigenvalue weighted by molar-refractivity contribution is 0.858. The van der Waals surface area contributed by atoms with Crippen molar-refractivity contribution in [2.75, 3.05) is 4.90 Å². The third kappa shape index (κ3) is 6.93. The third-order valence-electron chi connectivity index (χ3n) is 9.01. The average Bonchev–Trinajstić information content (AvgIpc) is 3.32. The van der Waals surface area contributed by atoms with Gasteiger partial charge in [-0.25, -0.2) is 0 Å². The third-order valence-corrected chi connectivity index (χ3v) is 9.01. The summed E-state index contributed by atoms with van der Waals surface area (Å²) in [4.78, 5) is 2.46. The van der Waals surface area contributed by atoms with Gasteiger partial charge in [-0.2, -0.15) is 0 Å². The Morgan fingerprint density at radius 3 is 1.94 bits per heavy atom. The molecule has 0 fully saturated rings. The maximum absolute atomic E-state index is 3.86. The Morgan fingerprint density at radius 1 is 0.592 bits per heavy atom. The Kier molecular flexibility index (Phi) is 9.43. The molecule has 0 amide bonds. The molecule has 49 heavy (non-hydrogen) atoms. The van der Waals surface area contributed by atoms with Crippen LogP contribution in [0.25, 0.3) is 46.2 Å². The van der Waals surface area contributed by atoms with Crippen molar-refractivity contribution < 1.29 is 0 Å².